The van der Waals surface area contributed by atoms with Gasteiger partial charge < -0.3 is 15.0 Å². The summed E-state index contributed by atoms with van der Waals surface area (Å²) >= 11 is 5.56. The number of halogens is 1. The molecular weight excluding hydrogens is 405 g/mol. The monoisotopic (exact) mass is 427 g/mol. The molecule has 1 saturated carbocycles. The van der Waals surface area contributed by atoms with Crippen molar-refractivity contribution in [1.29, 1.82) is 0 Å². The van der Waals surface area contributed by atoms with Crippen LogP contribution in [-0.4, -0.2) is 40.5 Å². The van der Waals surface area contributed by atoms with Gasteiger partial charge in [-0.2, -0.15) is 0 Å². The van der Waals surface area contributed by atoms with Gasteiger partial charge in [-0.05, 0) is 80.5 Å². The highest BCUT2D eigenvalue weighted by molar-refractivity contribution is 7.80. The summed E-state index contributed by atoms with van der Waals surface area (Å²) in [5, 5.41) is 3.20. The Morgan fingerprint density at radius 3 is 2.43 bits per heavy atom. The van der Waals surface area contributed by atoms with E-state index >= 15 is 0 Å². The highest BCUT2D eigenvalue weighted by atomic mass is 32.1. The van der Waals surface area contributed by atoms with Gasteiger partial charge in [-0.3, -0.25) is 14.5 Å². The molecule has 30 heavy (non-hydrogen) atoms. The first kappa shape index (κ1) is 20.3. The van der Waals surface area contributed by atoms with Gasteiger partial charge in [-0.1, -0.05) is 0 Å². The third kappa shape index (κ3) is 4.14. The lowest BCUT2D eigenvalue weighted by Crippen LogP contribution is -2.39. The van der Waals surface area contributed by atoms with Crippen LogP contribution >= 0.6 is 12.2 Å². The predicted molar refractivity (Wildman–Crippen MR) is 116 cm³/mol. The number of amides is 2. The van der Waals surface area contributed by atoms with E-state index in [4.69, 9.17) is 17.0 Å². The number of nitrogens with one attached hydrogen (secondary N) is 1. The summed E-state index contributed by atoms with van der Waals surface area (Å²) in [6.45, 7) is 2.47. The lowest BCUT2D eigenvalue weighted by Gasteiger charge is -2.23. The molecule has 0 spiro atoms. The Bertz CT molecular complexity index is 961. The molecule has 2 amide bonds. The topological polar surface area (TPSA) is 61.9 Å². The number of thiocarbonyl (C=S) groups is 1. The number of carbonyl (C=O) groups is 2. The fourth-order valence-corrected chi connectivity index (χ4v) is 4.05. The third-order valence-electron chi connectivity index (χ3n) is 5.11. The molecule has 1 aliphatic heterocycles. The molecule has 1 N–H and O–H groups in total. The van der Waals surface area contributed by atoms with Gasteiger partial charge >= 0.3 is 0 Å². The van der Waals surface area contributed by atoms with Gasteiger partial charge in [-0.15, -0.1) is 0 Å². The number of hydrogen-bond donors (Lipinski definition) is 1. The Kier molecular flexibility index (Phi) is 5.67. The number of rotatable bonds is 7. The average Bonchev–Trinajstić information content (AvgIpc) is 3.52. The Morgan fingerprint density at radius 2 is 1.83 bits per heavy atom. The number of benzene rings is 2. The van der Waals surface area contributed by atoms with Crippen molar-refractivity contribution in [3.63, 3.8) is 0 Å². The van der Waals surface area contributed by atoms with Crippen molar-refractivity contribution in [2.24, 2.45) is 0 Å². The number of carbonyl (C=O) groups excluding carboxylic acids is 2. The van der Waals surface area contributed by atoms with Crippen LogP contribution in [0.2, 0.25) is 0 Å². The summed E-state index contributed by atoms with van der Waals surface area (Å²) in [5.74, 6) is -0.199. The first-order chi connectivity index (χ1) is 14.5. The second-order valence-corrected chi connectivity index (χ2v) is 7.66. The van der Waals surface area contributed by atoms with Crippen molar-refractivity contribution in [3.8, 4) is 5.75 Å². The van der Waals surface area contributed by atoms with Crippen LogP contribution in [0.15, 0.2) is 48.5 Å². The molecule has 0 aromatic heterocycles. The first-order valence-electron chi connectivity index (χ1n) is 9.92. The number of nitrogens with zero attached hydrogens (tertiary/aromatic N) is 2. The predicted octanol–water partition coefficient (Wildman–Crippen LogP) is 3.72. The molecule has 1 aliphatic carbocycles. The van der Waals surface area contributed by atoms with Crippen LogP contribution in [0.3, 0.4) is 0 Å². The third-order valence-corrected chi connectivity index (χ3v) is 5.50. The molecule has 6 nitrogen and oxygen atoms in total. The summed E-state index contributed by atoms with van der Waals surface area (Å²) in [5.41, 5.74) is 1.14. The maximum absolute atomic E-state index is 13.3. The quantitative estimate of drug-likeness (QED) is 0.683. The van der Waals surface area contributed by atoms with Crippen molar-refractivity contribution in [1.82, 2.24) is 4.90 Å². The standard InChI is InChI=1S/C22H22FN3O3S/c1-2-29-18-11-5-15(6-12-18)24-20(27)13-19-21(28)26(17-7-3-14(23)4-8-17)22(30)25(19)16-9-10-16/h3-8,11-12,16,19H,2,9-10,13H2,1H3,(H,24,27)/t19-/m1/s1. The van der Waals surface area contributed by atoms with E-state index in [0.717, 1.165) is 18.6 Å². The van der Waals surface area contributed by atoms with Crippen LogP contribution in [0.1, 0.15) is 26.2 Å². The SMILES string of the molecule is CCOc1ccc(NC(=O)C[C@@H]2C(=O)N(c3ccc(F)cc3)C(=S)N2C2CC2)cc1. The van der Waals surface area contributed by atoms with Crippen LogP contribution in [-0.2, 0) is 9.59 Å². The fourth-order valence-electron chi connectivity index (χ4n) is 3.58. The molecule has 2 aromatic rings. The maximum Gasteiger partial charge on any atom is 0.256 e. The van der Waals surface area contributed by atoms with E-state index in [1.165, 1.54) is 29.2 Å². The molecule has 1 saturated heterocycles. The minimum Gasteiger partial charge on any atom is -0.494 e. The van der Waals surface area contributed by atoms with E-state index in [0.29, 0.717) is 23.1 Å². The van der Waals surface area contributed by atoms with Gasteiger partial charge in [0.2, 0.25) is 5.91 Å². The number of ether oxygens (including phenoxy) is 1. The molecule has 1 heterocycles. The summed E-state index contributed by atoms with van der Waals surface area (Å²) in [7, 11) is 0. The van der Waals surface area contributed by atoms with Crippen molar-refractivity contribution in [2.45, 2.75) is 38.3 Å². The molecular formula is C22H22FN3O3S. The molecule has 0 bridgehead atoms. The van der Waals surface area contributed by atoms with Crippen LogP contribution in [0, 0.1) is 5.82 Å². The molecule has 2 fully saturated rings. The first-order valence-corrected chi connectivity index (χ1v) is 10.3. The van der Waals surface area contributed by atoms with Crippen LogP contribution in [0.25, 0.3) is 0 Å². The zero-order chi connectivity index (χ0) is 21.3. The lowest BCUT2D eigenvalue weighted by atomic mass is 10.1. The van der Waals surface area contributed by atoms with E-state index < -0.39 is 6.04 Å². The molecule has 1 atom stereocenters. The van der Waals surface area contributed by atoms with Gasteiger partial charge in [0.15, 0.2) is 5.11 Å². The molecule has 156 valence electrons. The molecule has 8 heteroatoms. The minimum atomic E-state index is -0.669. The Hall–Kier alpha value is -3.00. The van der Waals surface area contributed by atoms with E-state index in [1.807, 2.05) is 11.8 Å². The molecule has 0 unspecified atom stereocenters. The second kappa shape index (κ2) is 8.39. The molecule has 0 radical (unpaired) electrons. The molecule has 2 aromatic carbocycles. The van der Waals surface area contributed by atoms with Gasteiger partial charge in [0, 0.05) is 11.7 Å². The van der Waals surface area contributed by atoms with Crippen molar-refractivity contribution in [3.05, 3.63) is 54.3 Å². The van der Waals surface area contributed by atoms with Crippen LogP contribution in [0.5, 0.6) is 5.75 Å². The molecule has 4 rings (SSSR count). The average molecular weight is 428 g/mol. The van der Waals surface area contributed by atoms with E-state index in [9.17, 15) is 14.0 Å². The summed E-state index contributed by atoms with van der Waals surface area (Å²) in [6.07, 6.45) is 1.85. The number of anilines is 2. The van der Waals surface area contributed by atoms with Crippen molar-refractivity contribution in [2.75, 3.05) is 16.8 Å². The summed E-state index contributed by atoms with van der Waals surface area (Å²) in [4.78, 5) is 29.1. The molecule has 2 aliphatic rings. The number of hydrogen-bond acceptors (Lipinski definition) is 4. The Balaban J connectivity index is 1.48. The Morgan fingerprint density at radius 1 is 1.17 bits per heavy atom. The van der Waals surface area contributed by atoms with E-state index in [-0.39, 0.29) is 30.1 Å². The zero-order valence-corrected chi connectivity index (χ0v) is 17.3. The Labute approximate surface area is 179 Å². The maximum atomic E-state index is 13.3. The largest absolute Gasteiger partial charge is 0.494 e. The van der Waals surface area contributed by atoms with Gasteiger partial charge in [0.05, 0.1) is 18.7 Å². The zero-order valence-electron chi connectivity index (χ0n) is 16.5. The van der Waals surface area contributed by atoms with Gasteiger partial charge in [0.25, 0.3) is 5.91 Å². The van der Waals surface area contributed by atoms with Gasteiger partial charge in [-0.25, -0.2) is 4.39 Å². The lowest BCUT2D eigenvalue weighted by molar-refractivity contribution is -0.124. The van der Waals surface area contributed by atoms with Crippen molar-refractivity contribution >= 4 is 40.5 Å². The highest BCUT2D eigenvalue weighted by Gasteiger charge is 2.49. The summed E-state index contributed by atoms with van der Waals surface area (Å²) in [6, 6.07) is 12.2. The van der Waals surface area contributed by atoms with Crippen LogP contribution in [0.4, 0.5) is 15.8 Å². The van der Waals surface area contributed by atoms with E-state index in [1.54, 1.807) is 24.3 Å². The second-order valence-electron chi connectivity index (χ2n) is 7.30. The van der Waals surface area contributed by atoms with E-state index in [2.05, 4.69) is 5.32 Å². The van der Waals surface area contributed by atoms with Crippen molar-refractivity contribution < 1.29 is 18.7 Å². The normalized spacial score (nSPS) is 18.7. The smallest absolute Gasteiger partial charge is 0.256 e. The minimum absolute atomic E-state index is 0.0135. The van der Waals surface area contributed by atoms with Gasteiger partial charge in [0.1, 0.15) is 17.6 Å². The summed E-state index contributed by atoms with van der Waals surface area (Å²) < 4.78 is 18.7. The fraction of sp³-hybridized carbons (Fsp3) is 0.318. The highest BCUT2D eigenvalue weighted by Crippen LogP contribution is 2.37. The van der Waals surface area contributed by atoms with Crippen LogP contribution < -0.4 is 15.0 Å².